The van der Waals surface area contributed by atoms with Crippen LogP contribution in [0.5, 0.6) is 5.75 Å². The molecule has 0 bridgehead atoms. The Hall–Kier alpha value is -2.55. The zero-order valence-corrected chi connectivity index (χ0v) is 22.2. The molecular weight excluding hydrogens is 554 g/mol. The number of aromatic amines is 1. The van der Waals surface area contributed by atoms with Crippen molar-refractivity contribution in [2.24, 2.45) is 5.92 Å². The van der Waals surface area contributed by atoms with E-state index in [1.807, 2.05) is 0 Å². The molecule has 1 saturated heterocycles. The molecule has 1 aromatic carbocycles. The van der Waals surface area contributed by atoms with Crippen molar-refractivity contribution in [3.05, 3.63) is 57.7 Å². The lowest BCUT2D eigenvalue weighted by molar-refractivity contribution is -0.211. The molecule has 11 nitrogen and oxygen atoms in total. The maximum atomic E-state index is 13.9. The Morgan fingerprint density at radius 1 is 1.26 bits per heavy atom. The molecule has 0 amide bonds. The van der Waals surface area contributed by atoms with Gasteiger partial charge in [0.15, 0.2) is 11.0 Å². The Kier molecular flexibility index (Phi) is 9.55. The number of halogens is 3. The summed E-state index contributed by atoms with van der Waals surface area (Å²) in [4.78, 5) is 25.9. The molecule has 1 aliphatic rings. The average Bonchev–Trinajstić information content (AvgIpc) is 3.14. The number of aliphatic hydroxyl groups is 1. The predicted octanol–water partition coefficient (Wildman–Crippen LogP) is 3.48. The van der Waals surface area contributed by atoms with Crippen LogP contribution in [0.2, 0.25) is 0 Å². The number of aliphatic hydroxyl groups excluding tert-OH is 1. The molecule has 1 fully saturated rings. The van der Waals surface area contributed by atoms with Crippen molar-refractivity contribution in [3.63, 3.8) is 0 Å². The summed E-state index contributed by atoms with van der Waals surface area (Å²) in [6.45, 7) is 3.73. The van der Waals surface area contributed by atoms with Gasteiger partial charge in [-0.3, -0.25) is 23.7 Å². The number of hydrogen-bond donors (Lipinski definition) is 3. The van der Waals surface area contributed by atoms with Crippen molar-refractivity contribution in [2.75, 3.05) is 6.61 Å². The zero-order chi connectivity index (χ0) is 28.3. The van der Waals surface area contributed by atoms with Crippen LogP contribution >= 0.6 is 20.0 Å². The van der Waals surface area contributed by atoms with Crippen LogP contribution in [0.3, 0.4) is 0 Å². The van der Waals surface area contributed by atoms with Crippen molar-refractivity contribution >= 4 is 25.9 Å². The highest BCUT2D eigenvalue weighted by Gasteiger charge is 2.58. The summed E-state index contributed by atoms with van der Waals surface area (Å²) >= 11 is 4.96. The molecule has 0 radical (unpaired) electrons. The van der Waals surface area contributed by atoms with Crippen LogP contribution in [0.4, 0.5) is 13.2 Å². The first-order valence-corrected chi connectivity index (χ1v) is 13.3. The molecule has 0 saturated carbocycles. The number of nitrogens with zero attached hydrogens (tertiary/aromatic N) is 1. The smallest absolute Gasteiger partial charge is 0.459 e. The van der Waals surface area contributed by atoms with E-state index in [0.29, 0.717) is 0 Å². The van der Waals surface area contributed by atoms with Crippen molar-refractivity contribution in [1.29, 1.82) is 0 Å². The molecule has 3 N–H and O–H groups in total. The SMILES string of the molecule is CC(C)OC(=O)[C@H](C)NP(=O)(OC[C@H]1O[C@@H](n2ccc(=O)[nH]c2=S)C(C(F)(F)F)[C@H]1O)Oc1ccccc1. The summed E-state index contributed by atoms with van der Waals surface area (Å²) in [6, 6.07) is 7.46. The number of esters is 1. The van der Waals surface area contributed by atoms with Crippen molar-refractivity contribution in [3.8, 4) is 5.75 Å². The molecule has 3 rings (SSSR count). The largest absolute Gasteiger partial charge is 0.462 e. The van der Waals surface area contributed by atoms with E-state index in [0.717, 1.165) is 16.8 Å². The Balaban J connectivity index is 1.85. The molecule has 1 aromatic heterocycles. The van der Waals surface area contributed by atoms with Crippen LogP contribution in [-0.2, 0) is 23.4 Å². The molecule has 0 aliphatic carbocycles. The van der Waals surface area contributed by atoms with E-state index in [-0.39, 0.29) is 10.5 Å². The number of carbonyl (C=O) groups is 1. The normalized spacial score (nSPS) is 24.1. The lowest BCUT2D eigenvalue weighted by Crippen LogP contribution is -2.40. The van der Waals surface area contributed by atoms with E-state index < -0.39 is 68.6 Å². The lowest BCUT2D eigenvalue weighted by atomic mass is 9.99. The maximum Gasteiger partial charge on any atom is 0.459 e. The third-order valence-corrected chi connectivity index (χ3v) is 7.26. The number of aromatic nitrogens is 2. The van der Waals surface area contributed by atoms with Gasteiger partial charge >= 0.3 is 19.9 Å². The number of nitrogens with one attached hydrogen (secondary N) is 2. The van der Waals surface area contributed by atoms with Crippen LogP contribution in [0.15, 0.2) is 47.4 Å². The van der Waals surface area contributed by atoms with Crippen LogP contribution in [-0.4, -0.2) is 57.8 Å². The number of hydrogen-bond acceptors (Lipinski definition) is 9. The van der Waals surface area contributed by atoms with E-state index in [2.05, 4.69) is 10.1 Å². The van der Waals surface area contributed by atoms with Gasteiger partial charge in [-0.25, -0.2) is 4.57 Å². The summed E-state index contributed by atoms with van der Waals surface area (Å²) in [5.41, 5.74) is -0.636. The summed E-state index contributed by atoms with van der Waals surface area (Å²) in [6.07, 6.45) is -10.1. The minimum atomic E-state index is -4.94. The fourth-order valence-electron chi connectivity index (χ4n) is 3.61. The third-order valence-electron chi connectivity index (χ3n) is 5.31. The van der Waals surface area contributed by atoms with Gasteiger partial charge in [-0.05, 0) is 45.1 Å². The van der Waals surface area contributed by atoms with Gasteiger partial charge in [0.25, 0.3) is 5.56 Å². The van der Waals surface area contributed by atoms with E-state index in [1.165, 1.54) is 19.1 Å². The summed E-state index contributed by atoms with van der Waals surface area (Å²) in [5.74, 6) is -3.16. The highest BCUT2D eigenvalue weighted by Crippen LogP contribution is 2.48. The monoisotopic (exact) mass is 581 g/mol. The van der Waals surface area contributed by atoms with Gasteiger partial charge in [0.2, 0.25) is 0 Å². The van der Waals surface area contributed by atoms with Gasteiger partial charge < -0.3 is 19.1 Å². The second kappa shape index (κ2) is 12.1. The second-order valence-corrected chi connectivity index (χ2v) is 10.8. The number of rotatable bonds is 10. The van der Waals surface area contributed by atoms with Gasteiger partial charge in [-0.2, -0.15) is 18.3 Å². The summed E-state index contributed by atoms with van der Waals surface area (Å²) < 4.78 is 77.2. The first-order valence-electron chi connectivity index (χ1n) is 11.4. The topological polar surface area (TPSA) is 141 Å². The van der Waals surface area contributed by atoms with E-state index in [4.69, 9.17) is 30.7 Å². The number of ether oxygens (including phenoxy) is 2. The van der Waals surface area contributed by atoms with Crippen LogP contribution in [0, 0.1) is 10.7 Å². The standard InChI is InChI=1S/C22H27F3N3O8PS/c1-12(2)34-20(31)13(3)27-37(32,36-14-7-5-4-6-8-14)33-11-15-18(30)17(22(23,24)25)19(35-15)28-10-9-16(29)26-21(28)38/h4-10,12-13,15,17-19,30H,11H2,1-3H3,(H,27,32)(H,26,29,38)/t13-,15+,17?,18-,19+,37?/m0/s1. The van der Waals surface area contributed by atoms with E-state index >= 15 is 0 Å². The summed E-state index contributed by atoms with van der Waals surface area (Å²) in [5, 5.41) is 12.9. The van der Waals surface area contributed by atoms with Gasteiger partial charge in [0.05, 0.1) is 18.8 Å². The number of H-pyrrole nitrogens is 1. The molecule has 1 aliphatic heterocycles. The maximum absolute atomic E-state index is 13.9. The second-order valence-electron chi connectivity index (χ2n) is 8.67. The number of alkyl halides is 3. The number of para-hydroxylation sites is 1. The van der Waals surface area contributed by atoms with E-state index in [1.54, 1.807) is 32.0 Å². The Morgan fingerprint density at radius 2 is 1.92 bits per heavy atom. The molecule has 16 heteroatoms. The zero-order valence-electron chi connectivity index (χ0n) is 20.5. The van der Waals surface area contributed by atoms with Crippen molar-refractivity contribution in [2.45, 2.75) is 57.5 Å². The Bertz CT molecular complexity index is 1270. The minimum absolute atomic E-state index is 0.0752. The first-order chi connectivity index (χ1) is 17.7. The molecule has 2 aromatic rings. The number of carbonyl (C=O) groups excluding carboxylic acids is 1. The van der Waals surface area contributed by atoms with Gasteiger partial charge in [-0.1, -0.05) is 18.2 Å². The summed E-state index contributed by atoms with van der Waals surface area (Å²) in [7, 11) is -4.44. The van der Waals surface area contributed by atoms with Crippen LogP contribution < -0.4 is 15.2 Å². The van der Waals surface area contributed by atoms with Gasteiger partial charge in [-0.15, -0.1) is 0 Å². The van der Waals surface area contributed by atoms with Crippen molar-refractivity contribution in [1.82, 2.24) is 14.6 Å². The van der Waals surface area contributed by atoms with Crippen molar-refractivity contribution < 1.29 is 46.2 Å². The average molecular weight is 582 g/mol. The van der Waals surface area contributed by atoms with Gasteiger partial charge in [0, 0.05) is 12.3 Å². The molecular formula is C22H27F3N3O8PS. The van der Waals surface area contributed by atoms with Gasteiger partial charge in [0.1, 0.15) is 23.8 Å². The molecule has 210 valence electrons. The van der Waals surface area contributed by atoms with E-state index in [9.17, 15) is 32.4 Å². The fraction of sp³-hybridized carbons (Fsp3) is 0.500. The minimum Gasteiger partial charge on any atom is -0.462 e. The fourth-order valence-corrected chi connectivity index (χ4v) is 5.38. The predicted molar refractivity (Wildman–Crippen MR) is 130 cm³/mol. The first kappa shape index (κ1) is 30.0. The molecule has 6 atom stereocenters. The Morgan fingerprint density at radius 3 is 2.50 bits per heavy atom. The highest BCUT2D eigenvalue weighted by atomic mass is 32.1. The molecule has 38 heavy (non-hydrogen) atoms. The Labute approximate surface area is 220 Å². The molecule has 2 unspecified atom stereocenters. The molecule has 0 spiro atoms. The van der Waals surface area contributed by atoms with Crippen LogP contribution in [0.1, 0.15) is 27.0 Å². The highest BCUT2D eigenvalue weighted by molar-refractivity contribution is 7.71. The van der Waals surface area contributed by atoms with Crippen LogP contribution in [0.25, 0.3) is 0 Å². The molecule has 2 heterocycles. The number of benzene rings is 1. The lowest BCUT2D eigenvalue weighted by Gasteiger charge is -2.25. The third kappa shape index (κ3) is 7.52. The quantitative estimate of drug-likeness (QED) is 0.217.